The summed E-state index contributed by atoms with van der Waals surface area (Å²) in [7, 11) is 0.703. The molecule has 0 unspecified atom stereocenters. The van der Waals surface area contributed by atoms with Gasteiger partial charge in [0.1, 0.15) is 0 Å². The number of nitrogens with zero attached hydrogens (tertiary/aromatic N) is 4. The zero-order valence-electron chi connectivity index (χ0n) is 32.2. The molecule has 2 aliphatic heterocycles. The zero-order valence-corrected chi connectivity index (χ0v) is 34.6. The second-order valence-electron chi connectivity index (χ2n) is 15.3. The van der Waals surface area contributed by atoms with Crippen LogP contribution in [0.25, 0.3) is 43.4 Å². The number of benzene rings is 6. The molecular weight excluding hydrogens is 780 g/mol. The topological polar surface area (TPSA) is 98.0 Å². The van der Waals surface area contributed by atoms with Gasteiger partial charge in [0.15, 0.2) is 0 Å². The molecule has 11 heteroatoms. The van der Waals surface area contributed by atoms with E-state index < -0.39 is 9.84 Å². The molecule has 2 saturated heterocycles. The third-order valence-electron chi connectivity index (χ3n) is 11.7. The molecule has 0 atom stereocenters. The first-order valence-corrected chi connectivity index (χ1v) is 21.8. The minimum atomic E-state index is -3.64. The van der Waals surface area contributed by atoms with Gasteiger partial charge in [0, 0.05) is 49.2 Å². The van der Waals surface area contributed by atoms with Crippen molar-refractivity contribution in [2.45, 2.75) is 64.5 Å². The number of halogens is 1. The van der Waals surface area contributed by atoms with Gasteiger partial charge in [0.25, 0.3) is 0 Å². The van der Waals surface area contributed by atoms with Crippen molar-refractivity contribution < 1.29 is 8.42 Å². The highest BCUT2D eigenvalue weighted by molar-refractivity contribution is 7.99. The summed E-state index contributed by atoms with van der Waals surface area (Å²) < 4.78 is 27.0. The van der Waals surface area contributed by atoms with Crippen molar-refractivity contribution in [1.82, 2.24) is 30.2 Å². The Balaban J connectivity index is 0.000000171. The van der Waals surface area contributed by atoms with Crippen LogP contribution in [0.1, 0.15) is 56.3 Å². The maximum Gasteiger partial charge on any atom is 0.207 e. The van der Waals surface area contributed by atoms with E-state index in [9.17, 15) is 8.42 Å². The summed E-state index contributed by atoms with van der Waals surface area (Å²) in [6.45, 7) is 4.41. The van der Waals surface area contributed by atoms with E-state index >= 15 is 0 Å². The van der Waals surface area contributed by atoms with Crippen LogP contribution >= 0.6 is 24.2 Å². The lowest BCUT2D eigenvalue weighted by molar-refractivity contribution is 0.254. The minimum absolute atomic E-state index is 0. The molecule has 300 valence electrons. The lowest BCUT2D eigenvalue weighted by Crippen LogP contribution is -2.29. The Morgan fingerprint density at radius 2 is 1.09 bits per heavy atom. The number of H-pyrrole nitrogens is 2. The number of rotatable bonds is 6. The number of fused-ring (bicyclic) bond motifs is 4. The Morgan fingerprint density at radius 3 is 1.71 bits per heavy atom. The van der Waals surface area contributed by atoms with Gasteiger partial charge in [-0.3, -0.25) is 10.2 Å². The first-order valence-electron chi connectivity index (χ1n) is 19.5. The van der Waals surface area contributed by atoms with E-state index in [-0.39, 0.29) is 19.8 Å². The molecule has 2 fully saturated rings. The number of sulfone groups is 1. The summed E-state index contributed by atoms with van der Waals surface area (Å²) in [6.07, 6.45) is 4.51. The molecule has 4 heterocycles. The Kier molecular flexibility index (Phi) is 12.6. The average molecular weight is 832 g/mol. The van der Waals surface area contributed by atoms with Crippen molar-refractivity contribution in [2.75, 3.05) is 40.3 Å². The summed E-state index contributed by atoms with van der Waals surface area (Å²) in [5.41, 5.74) is 4.27. The van der Waals surface area contributed by atoms with Gasteiger partial charge < -0.3 is 9.80 Å². The Morgan fingerprint density at radius 1 is 0.586 bits per heavy atom. The van der Waals surface area contributed by atoms with E-state index in [1.54, 1.807) is 24.3 Å². The van der Waals surface area contributed by atoms with E-state index in [1.165, 1.54) is 44.5 Å². The third kappa shape index (κ3) is 8.26. The second kappa shape index (κ2) is 17.6. The van der Waals surface area contributed by atoms with E-state index in [1.807, 2.05) is 48.2 Å². The van der Waals surface area contributed by atoms with Gasteiger partial charge in [-0.25, -0.2) is 8.42 Å². The predicted molar refractivity (Wildman–Crippen MR) is 243 cm³/mol. The van der Waals surface area contributed by atoms with Crippen LogP contribution in [0.4, 0.5) is 0 Å². The van der Waals surface area contributed by atoms with Crippen LogP contribution in [0.15, 0.2) is 141 Å². The van der Waals surface area contributed by atoms with Gasteiger partial charge in [0.05, 0.1) is 20.8 Å². The fourth-order valence-corrected chi connectivity index (χ4v) is 11.0. The molecule has 0 aliphatic carbocycles. The van der Waals surface area contributed by atoms with E-state index in [4.69, 9.17) is 0 Å². The molecule has 10 rings (SSSR count). The predicted octanol–water partition coefficient (Wildman–Crippen LogP) is 11.1. The maximum absolute atomic E-state index is 13.5. The van der Waals surface area contributed by atoms with Gasteiger partial charge in [-0.05, 0) is 131 Å². The largest absolute Gasteiger partial charge is 0.306 e. The van der Waals surface area contributed by atoms with E-state index in [2.05, 4.69) is 105 Å². The number of nitrogens with one attached hydrogen (secondary N) is 2. The Hall–Kier alpha value is -4.71. The van der Waals surface area contributed by atoms with Crippen LogP contribution < -0.4 is 0 Å². The van der Waals surface area contributed by atoms with Crippen molar-refractivity contribution in [1.29, 1.82) is 0 Å². The van der Waals surface area contributed by atoms with Gasteiger partial charge >= 0.3 is 0 Å². The summed E-state index contributed by atoms with van der Waals surface area (Å²) in [6, 6.07) is 40.1. The van der Waals surface area contributed by atoms with Crippen molar-refractivity contribution in [3.8, 4) is 0 Å². The van der Waals surface area contributed by atoms with E-state index in [0.29, 0.717) is 21.6 Å². The monoisotopic (exact) mass is 830 g/mol. The van der Waals surface area contributed by atoms with Gasteiger partial charge in [-0.2, -0.15) is 10.2 Å². The fraction of sp³-hybridized carbons (Fsp3) is 0.277. The summed E-state index contributed by atoms with van der Waals surface area (Å²) in [5.74, 6) is 0.968. The van der Waals surface area contributed by atoms with Crippen molar-refractivity contribution >= 4 is 77.4 Å². The molecule has 58 heavy (non-hydrogen) atoms. The number of aromatic nitrogens is 4. The summed E-state index contributed by atoms with van der Waals surface area (Å²) in [5, 5.41) is 22.0. The molecule has 2 N–H and O–H groups in total. The fourth-order valence-electron chi connectivity index (χ4n) is 8.43. The van der Waals surface area contributed by atoms with Gasteiger partial charge in [-0.1, -0.05) is 92.0 Å². The number of likely N-dealkylation sites (tertiary alicyclic amines) is 2. The van der Waals surface area contributed by atoms with Gasteiger partial charge in [0.2, 0.25) is 9.84 Å². The van der Waals surface area contributed by atoms with Crippen LogP contribution in [0.2, 0.25) is 0 Å². The summed E-state index contributed by atoms with van der Waals surface area (Å²) in [4.78, 5) is 7.98. The lowest BCUT2D eigenvalue weighted by Gasteiger charge is -2.28. The molecule has 0 radical (unpaired) electrons. The smallest absolute Gasteiger partial charge is 0.207 e. The normalized spacial score (nSPS) is 15.9. The highest BCUT2D eigenvalue weighted by Gasteiger charge is 2.26. The first kappa shape index (κ1) is 41.4. The van der Waals surface area contributed by atoms with Crippen LogP contribution in [0.5, 0.6) is 0 Å². The van der Waals surface area contributed by atoms with Crippen LogP contribution in [-0.4, -0.2) is 78.9 Å². The Bertz CT molecular complexity index is 2780. The highest BCUT2D eigenvalue weighted by Crippen LogP contribution is 2.38. The second-order valence-corrected chi connectivity index (χ2v) is 18.4. The van der Waals surface area contributed by atoms with E-state index in [0.717, 1.165) is 71.9 Å². The maximum atomic E-state index is 13.5. The summed E-state index contributed by atoms with van der Waals surface area (Å²) >= 11 is 1.84. The minimum Gasteiger partial charge on any atom is -0.306 e. The highest BCUT2D eigenvalue weighted by atomic mass is 35.5. The first-order chi connectivity index (χ1) is 27.3. The van der Waals surface area contributed by atoms with Crippen LogP contribution in [0.3, 0.4) is 0 Å². The SMILES string of the molecule is C.CN1CCC(c2[nH]nc3ccc(S(=O)(=O)c4cccc5ccccc45)cc23)CC1.CN1CCC(c2[nH]nc3ccc(Sc4cccc5ccccc45)cc23)CC1.Cl. The molecule has 0 spiro atoms. The number of piperidine rings is 2. The molecule has 8 aromatic rings. The molecule has 2 aromatic heterocycles. The number of aromatic amines is 2. The number of hydrogen-bond acceptors (Lipinski definition) is 7. The zero-order chi connectivity index (χ0) is 38.2. The lowest BCUT2D eigenvalue weighted by atomic mass is 9.92. The molecule has 0 saturated carbocycles. The van der Waals surface area contributed by atoms with Crippen molar-refractivity contribution in [3.63, 3.8) is 0 Å². The van der Waals surface area contributed by atoms with Crippen molar-refractivity contribution in [2.24, 2.45) is 0 Å². The third-order valence-corrected chi connectivity index (χ3v) is 14.6. The molecular formula is C47H51ClN6O2S2. The van der Waals surface area contributed by atoms with Crippen molar-refractivity contribution in [3.05, 3.63) is 133 Å². The quantitative estimate of drug-likeness (QED) is 0.172. The molecule has 0 amide bonds. The molecule has 2 aliphatic rings. The Labute approximate surface area is 351 Å². The standard InChI is InChI=1S/C23H23N3O2S.C23H23N3S.CH4.ClH/c1-26-13-11-17(12-14-26)23-20-15-18(9-10-21(20)24-25-23)29(27,28)22-8-4-6-16-5-2-3-7-19(16)22;1-26-13-11-17(12-14-26)23-20-15-18(9-10-21(20)24-25-23)27-22-8-4-6-16-5-2-3-7-19(16)22;;/h2-10,15,17H,11-14H2,1H3,(H,24,25);2-10,15,17H,11-14H2,1H3,(H,24,25);1H4;1H. The average Bonchev–Trinajstić information content (AvgIpc) is 3.86. The molecule has 0 bridgehead atoms. The molecule has 8 nitrogen and oxygen atoms in total. The molecule has 6 aromatic carbocycles. The number of hydrogen-bond donors (Lipinski definition) is 2. The van der Waals surface area contributed by atoms with Crippen LogP contribution in [0, 0.1) is 0 Å². The van der Waals surface area contributed by atoms with Gasteiger partial charge in [-0.15, -0.1) is 12.4 Å². The van der Waals surface area contributed by atoms with Crippen LogP contribution in [-0.2, 0) is 9.84 Å².